The normalized spacial score (nSPS) is 20.3. The van der Waals surface area contributed by atoms with Crippen LogP contribution < -0.4 is 0 Å². The molecule has 2 aliphatic rings. The van der Waals surface area contributed by atoms with Crippen LogP contribution in [-0.4, -0.2) is 36.3 Å². The number of aromatic nitrogens is 4. The molecule has 2 aromatic heterocycles. The minimum atomic E-state index is 0.0457. The van der Waals surface area contributed by atoms with Crippen LogP contribution in [-0.2, 0) is 20.0 Å². The molecular weight excluding hydrogens is 326 g/mol. The van der Waals surface area contributed by atoms with Crippen molar-refractivity contribution in [1.29, 1.82) is 0 Å². The minimum absolute atomic E-state index is 0.0457. The molecule has 0 unspecified atom stereocenters. The predicted octanol–water partition coefficient (Wildman–Crippen LogP) is 2.87. The van der Waals surface area contributed by atoms with E-state index < -0.39 is 0 Å². The molecule has 1 saturated carbocycles. The van der Waals surface area contributed by atoms with E-state index in [9.17, 15) is 5.11 Å². The Kier molecular flexibility index (Phi) is 3.60. The van der Waals surface area contributed by atoms with Crippen LogP contribution in [0.5, 0.6) is 5.75 Å². The van der Waals surface area contributed by atoms with Gasteiger partial charge in [0.05, 0.1) is 24.3 Å². The van der Waals surface area contributed by atoms with Gasteiger partial charge in [-0.15, -0.1) is 0 Å². The van der Waals surface area contributed by atoms with Gasteiger partial charge in [-0.2, -0.15) is 5.10 Å². The number of fused-ring (bicyclic) bond motifs is 1. The number of phenols is 1. The smallest absolute Gasteiger partial charge is 0.115 e. The molecular formula is C20H23N5O. The molecule has 1 aromatic carbocycles. The Morgan fingerprint density at radius 3 is 3.00 bits per heavy atom. The highest BCUT2D eigenvalue weighted by Crippen LogP contribution is 2.42. The number of rotatable bonds is 4. The molecule has 0 bridgehead atoms. The number of H-pyrrole nitrogens is 1. The van der Waals surface area contributed by atoms with Gasteiger partial charge in [0, 0.05) is 49.4 Å². The average molecular weight is 349 g/mol. The molecule has 3 heterocycles. The van der Waals surface area contributed by atoms with Gasteiger partial charge in [-0.1, -0.05) is 12.1 Å². The summed E-state index contributed by atoms with van der Waals surface area (Å²) in [6.45, 7) is 1.81. The van der Waals surface area contributed by atoms with Gasteiger partial charge in [-0.3, -0.25) is 9.58 Å². The topological polar surface area (TPSA) is 70.0 Å². The van der Waals surface area contributed by atoms with Crippen LogP contribution >= 0.6 is 0 Å². The van der Waals surface area contributed by atoms with Gasteiger partial charge in [0.2, 0.25) is 0 Å². The Morgan fingerprint density at radius 1 is 1.31 bits per heavy atom. The van der Waals surface area contributed by atoms with E-state index >= 15 is 0 Å². The zero-order chi connectivity index (χ0) is 17.7. The molecule has 1 aliphatic heterocycles. The van der Waals surface area contributed by atoms with E-state index in [1.54, 1.807) is 12.4 Å². The molecule has 26 heavy (non-hydrogen) atoms. The first-order chi connectivity index (χ1) is 12.7. The number of aryl methyl sites for hydroxylation is 1. The van der Waals surface area contributed by atoms with Crippen molar-refractivity contribution in [2.24, 2.45) is 7.05 Å². The number of hydrogen-bond donors (Lipinski definition) is 2. The van der Waals surface area contributed by atoms with Gasteiger partial charge in [-0.25, -0.2) is 4.98 Å². The van der Waals surface area contributed by atoms with E-state index in [2.05, 4.69) is 26.0 Å². The second-order valence-corrected chi connectivity index (χ2v) is 7.44. The molecule has 5 rings (SSSR count). The number of aromatic amines is 1. The van der Waals surface area contributed by atoms with Crippen molar-refractivity contribution in [3.63, 3.8) is 0 Å². The maximum atomic E-state index is 9.99. The Morgan fingerprint density at radius 2 is 2.19 bits per heavy atom. The van der Waals surface area contributed by atoms with Crippen LogP contribution in [0.15, 0.2) is 36.8 Å². The number of imidazole rings is 1. The summed E-state index contributed by atoms with van der Waals surface area (Å²) in [4.78, 5) is 10.4. The summed E-state index contributed by atoms with van der Waals surface area (Å²) in [5.41, 5.74) is 6.04. The van der Waals surface area contributed by atoms with Crippen LogP contribution in [0, 0.1) is 0 Å². The summed E-state index contributed by atoms with van der Waals surface area (Å²) in [5, 5.41) is 14.5. The molecule has 6 nitrogen and oxygen atoms in total. The molecule has 2 N–H and O–H groups in total. The van der Waals surface area contributed by atoms with E-state index in [-0.39, 0.29) is 6.04 Å². The van der Waals surface area contributed by atoms with Crippen molar-refractivity contribution in [1.82, 2.24) is 24.6 Å². The SMILES string of the molecule is Cn1ncc(CN2CCc3[nH]cnc3[C@H]2c2cccc(O)c2)c1C1CC1. The quantitative estimate of drug-likeness (QED) is 0.760. The molecule has 1 fully saturated rings. The number of phenolic OH excluding ortho intramolecular Hbond substituents is 1. The lowest BCUT2D eigenvalue weighted by Gasteiger charge is -2.35. The Hall–Kier alpha value is -2.60. The summed E-state index contributed by atoms with van der Waals surface area (Å²) in [5.74, 6) is 0.965. The monoisotopic (exact) mass is 349 g/mol. The van der Waals surface area contributed by atoms with Crippen molar-refractivity contribution in [2.45, 2.75) is 37.8 Å². The summed E-state index contributed by atoms with van der Waals surface area (Å²) >= 11 is 0. The highest BCUT2D eigenvalue weighted by Gasteiger charge is 2.34. The average Bonchev–Trinajstić information content (AvgIpc) is 3.23. The van der Waals surface area contributed by atoms with Gasteiger partial charge in [0.15, 0.2) is 0 Å². The fraction of sp³-hybridized carbons (Fsp3) is 0.400. The van der Waals surface area contributed by atoms with Crippen LogP contribution in [0.3, 0.4) is 0 Å². The zero-order valence-corrected chi connectivity index (χ0v) is 14.9. The first kappa shape index (κ1) is 15.6. The largest absolute Gasteiger partial charge is 0.508 e. The van der Waals surface area contributed by atoms with Crippen molar-refractivity contribution in [2.75, 3.05) is 6.54 Å². The van der Waals surface area contributed by atoms with E-state index in [1.807, 2.05) is 30.1 Å². The second-order valence-electron chi connectivity index (χ2n) is 7.44. The predicted molar refractivity (Wildman–Crippen MR) is 97.8 cm³/mol. The molecule has 6 heteroatoms. The van der Waals surface area contributed by atoms with Gasteiger partial charge in [0.1, 0.15) is 5.75 Å². The highest BCUT2D eigenvalue weighted by atomic mass is 16.3. The van der Waals surface area contributed by atoms with Gasteiger partial charge < -0.3 is 10.1 Å². The van der Waals surface area contributed by atoms with Crippen LogP contribution in [0.1, 0.15) is 53.0 Å². The minimum Gasteiger partial charge on any atom is -0.508 e. The third-order valence-electron chi connectivity index (χ3n) is 5.61. The van der Waals surface area contributed by atoms with Crippen molar-refractivity contribution in [3.8, 4) is 5.75 Å². The van der Waals surface area contributed by atoms with Crippen molar-refractivity contribution in [3.05, 3.63) is 65.0 Å². The first-order valence-corrected chi connectivity index (χ1v) is 9.26. The molecule has 0 spiro atoms. The van der Waals surface area contributed by atoms with Crippen molar-refractivity contribution >= 4 is 0 Å². The van der Waals surface area contributed by atoms with E-state index in [4.69, 9.17) is 0 Å². The maximum absolute atomic E-state index is 9.99. The number of nitrogens with one attached hydrogen (secondary N) is 1. The number of aromatic hydroxyl groups is 1. The third kappa shape index (κ3) is 2.61. The first-order valence-electron chi connectivity index (χ1n) is 9.26. The highest BCUT2D eigenvalue weighted by molar-refractivity contribution is 5.37. The van der Waals surface area contributed by atoms with Gasteiger partial charge >= 0.3 is 0 Å². The van der Waals surface area contributed by atoms with Crippen molar-refractivity contribution < 1.29 is 5.11 Å². The summed E-state index contributed by atoms with van der Waals surface area (Å²) in [6, 6.07) is 7.60. The second kappa shape index (κ2) is 5.99. The Balaban J connectivity index is 1.53. The molecule has 1 aliphatic carbocycles. The van der Waals surface area contributed by atoms with Crippen LogP contribution in [0.25, 0.3) is 0 Å². The number of hydrogen-bond acceptors (Lipinski definition) is 4. The fourth-order valence-corrected chi connectivity index (χ4v) is 4.28. The number of nitrogens with zero attached hydrogens (tertiary/aromatic N) is 4. The zero-order valence-electron chi connectivity index (χ0n) is 14.9. The lowest BCUT2D eigenvalue weighted by molar-refractivity contribution is 0.199. The fourth-order valence-electron chi connectivity index (χ4n) is 4.28. The molecule has 0 radical (unpaired) electrons. The van der Waals surface area contributed by atoms with Crippen LogP contribution in [0.2, 0.25) is 0 Å². The standard InChI is InChI=1S/C20H23N5O/c1-24-19(13-5-6-13)15(10-23-24)11-25-8-7-17-18(22-12-21-17)20(25)14-3-2-4-16(26)9-14/h2-4,9-10,12-13,20,26H,5-8,11H2,1H3,(H,21,22)/t20-/m1/s1. The molecule has 134 valence electrons. The summed E-state index contributed by atoms with van der Waals surface area (Å²) in [6.07, 6.45) is 7.30. The molecule has 0 amide bonds. The van der Waals surface area contributed by atoms with E-state index in [0.717, 1.165) is 30.8 Å². The molecule has 1 atom stereocenters. The lowest BCUT2D eigenvalue weighted by atomic mass is 9.94. The third-order valence-corrected chi connectivity index (χ3v) is 5.61. The molecule has 3 aromatic rings. The van der Waals surface area contributed by atoms with Gasteiger partial charge in [0.25, 0.3) is 0 Å². The number of benzene rings is 1. The maximum Gasteiger partial charge on any atom is 0.115 e. The van der Waals surface area contributed by atoms with E-state index in [1.165, 1.54) is 29.8 Å². The summed E-state index contributed by atoms with van der Waals surface area (Å²) < 4.78 is 2.04. The summed E-state index contributed by atoms with van der Waals surface area (Å²) in [7, 11) is 2.05. The Labute approximate surface area is 152 Å². The Bertz CT molecular complexity index is 939. The lowest BCUT2D eigenvalue weighted by Crippen LogP contribution is -2.36. The molecule has 0 saturated heterocycles. The van der Waals surface area contributed by atoms with Gasteiger partial charge in [-0.05, 0) is 30.5 Å². The van der Waals surface area contributed by atoms with E-state index in [0.29, 0.717) is 11.7 Å². The van der Waals surface area contributed by atoms with Crippen LogP contribution in [0.4, 0.5) is 0 Å².